The van der Waals surface area contributed by atoms with Crippen LogP contribution < -0.4 is 10.2 Å². The minimum atomic E-state index is -1.02. The van der Waals surface area contributed by atoms with E-state index in [1.54, 1.807) is 17.0 Å². The Labute approximate surface area is 176 Å². The lowest BCUT2D eigenvalue weighted by atomic mass is 9.88. The summed E-state index contributed by atoms with van der Waals surface area (Å²) in [4.78, 5) is 38.6. The minimum absolute atomic E-state index is 0.00525. The maximum absolute atomic E-state index is 13.3. The van der Waals surface area contributed by atoms with Crippen LogP contribution in [0.15, 0.2) is 42.5 Å². The van der Waals surface area contributed by atoms with Crippen molar-refractivity contribution in [1.82, 2.24) is 0 Å². The Balaban J connectivity index is 1.78. The third kappa shape index (κ3) is 5.26. The van der Waals surface area contributed by atoms with Gasteiger partial charge in [-0.05, 0) is 74.2 Å². The molecule has 3 rings (SSSR count). The van der Waals surface area contributed by atoms with E-state index >= 15 is 0 Å². The predicted molar refractivity (Wildman–Crippen MR) is 117 cm³/mol. The highest BCUT2D eigenvalue weighted by atomic mass is 16.4. The van der Waals surface area contributed by atoms with Crippen LogP contribution in [0.25, 0.3) is 0 Å². The standard InChI is InChI=1S/C24H28N2O4/c1-16-8-13-21(14-17(16)2)26(23(28)18-6-4-3-5-7-18)15-22(27)25-20-11-9-19(10-12-20)24(29)30/h8-14,18H,3-7,15H2,1-2H3,(H,25,27)(H,29,30). The van der Waals surface area contributed by atoms with Crippen molar-refractivity contribution >= 4 is 29.2 Å². The molecule has 0 aliphatic heterocycles. The summed E-state index contributed by atoms with van der Waals surface area (Å²) in [6, 6.07) is 11.8. The van der Waals surface area contributed by atoms with Gasteiger partial charge in [0.1, 0.15) is 6.54 Å². The van der Waals surface area contributed by atoms with Crippen LogP contribution in [0.2, 0.25) is 0 Å². The van der Waals surface area contributed by atoms with Crippen molar-refractivity contribution in [2.75, 3.05) is 16.8 Å². The first-order chi connectivity index (χ1) is 14.3. The third-order valence-electron chi connectivity index (χ3n) is 5.74. The zero-order chi connectivity index (χ0) is 21.7. The summed E-state index contributed by atoms with van der Waals surface area (Å²) in [5.41, 5.74) is 3.57. The molecule has 2 amide bonds. The molecule has 6 heteroatoms. The van der Waals surface area contributed by atoms with Crippen LogP contribution >= 0.6 is 0 Å². The van der Waals surface area contributed by atoms with Gasteiger partial charge in [-0.2, -0.15) is 0 Å². The summed E-state index contributed by atoms with van der Waals surface area (Å²) >= 11 is 0. The molecule has 0 unspecified atom stereocenters. The molecule has 6 nitrogen and oxygen atoms in total. The molecule has 2 N–H and O–H groups in total. The fraction of sp³-hybridized carbons (Fsp3) is 0.375. The van der Waals surface area contributed by atoms with Crippen LogP contribution in [0.5, 0.6) is 0 Å². The molecule has 0 aromatic heterocycles. The molecular weight excluding hydrogens is 380 g/mol. The Morgan fingerprint density at radius 3 is 2.23 bits per heavy atom. The molecule has 0 spiro atoms. The highest BCUT2D eigenvalue weighted by molar-refractivity contribution is 6.03. The molecule has 0 saturated heterocycles. The van der Waals surface area contributed by atoms with Gasteiger partial charge in [0.25, 0.3) is 0 Å². The fourth-order valence-electron chi connectivity index (χ4n) is 3.80. The van der Waals surface area contributed by atoms with E-state index in [9.17, 15) is 14.4 Å². The van der Waals surface area contributed by atoms with Crippen molar-refractivity contribution < 1.29 is 19.5 Å². The summed E-state index contributed by atoms with van der Waals surface area (Å²) in [5.74, 6) is -1.40. The number of carboxylic acids is 1. The lowest BCUT2D eigenvalue weighted by molar-refractivity contribution is -0.125. The van der Waals surface area contributed by atoms with Gasteiger partial charge in [-0.25, -0.2) is 4.79 Å². The van der Waals surface area contributed by atoms with Gasteiger partial charge < -0.3 is 15.3 Å². The van der Waals surface area contributed by atoms with Crippen LogP contribution in [0, 0.1) is 19.8 Å². The van der Waals surface area contributed by atoms with Crippen LogP contribution in [0.4, 0.5) is 11.4 Å². The first-order valence-electron chi connectivity index (χ1n) is 10.4. The summed E-state index contributed by atoms with van der Waals surface area (Å²) in [5, 5.41) is 11.8. The molecule has 1 saturated carbocycles. The summed E-state index contributed by atoms with van der Waals surface area (Å²) < 4.78 is 0. The van der Waals surface area contributed by atoms with Crippen LogP contribution in [0.3, 0.4) is 0 Å². The first kappa shape index (κ1) is 21.6. The summed E-state index contributed by atoms with van der Waals surface area (Å²) in [6.45, 7) is 3.92. The van der Waals surface area contributed by atoms with Crippen LogP contribution in [0.1, 0.15) is 53.6 Å². The predicted octanol–water partition coefficient (Wildman–Crippen LogP) is 4.55. The van der Waals surface area contributed by atoms with Crippen molar-refractivity contribution in [3.05, 3.63) is 59.2 Å². The average Bonchev–Trinajstić information content (AvgIpc) is 2.74. The van der Waals surface area contributed by atoms with E-state index in [1.165, 1.54) is 12.1 Å². The molecule has 2 aromatic rings. The quantitative estimate of drug-likeness (QED) is 0.734. The lowest BCUT2D eigenvalue weighted by Gasteiger charge is -2.29. The van der Waals surface area contributed by atoms with Gasteiger partial charge in [0.15, 0.2) is 0 Å². The van der Waals surface area contributed by atoms with E-state index in [4.69, 9.17) is 5.11 Å². The van der Waals surface area contributed by atoms with Crippen LogP contribution in [-0.4, -0.2) is 29.4 Å². The van der Waals surface area contributed by atoms with Crippen molar-refractivity contribution in [2.24, 2.45) is 5.92 Å². The molecule has 1 aliphatic rings. The van der Waals surface area contributed by atoms with Gasteiger partial charge in [-0.1, -0.05) is 25.3 Å². The van der Waals surface area contributed by atoms with Crippen molar-refractivity contribution in [3.63, 3.8) is 0 Å². The smallest absolute Gasteiger partial charge is 0.335 e. The average molecular weight is 408 g/mol. The number of carbonyl (C=O) groups is 3. The number of carbonyl (C=O) groups excluding carboxylic acids is 2. The fourth-order valence-corrected chi connectivity index (χ4v) is 3.80. The minimum Gasteiger partial charge on any atom is -0.478 e. The molecule has 1 fully saturated rings. The molecule has 2 aromatic carbocycles. The molecule has 0 heterocycles. The maximum Gasteiger partial charge on any atom is 0.335 e. The van der Waals surface area contributed by atoms with E-state index in [0.717, 1.165) is 48.9 Å². The Morgan fingerprint density at radius 1 is 0.967 bits per heavy atom. The second-order valence-corrected chi connectivity index (χ2v) is 7.96. The number of aromatic carboxylic acids is 1. The van der Waals surface area contributed by atoms with E-state index in [0.29, 0.717) is 5.69 Å². The van der Waals surface area contributed by atoms with E-state index in [1.807, 2.05) is 32.0 Å². The van der Waals surface area contributed by atoms with Gasteiger partial charge >= 0.3 is 5.97 Å². The van der Waals surface area contributed by atoms with Crippen molar-refractivity contribution in [3.8, 4) is 0 Å². The van der Waals surface area contributed by atoms with Crippen LogP contribution in [-0.2, 0) is 9.59 Å². The number of rotatable bonds is 6. The lowest BCUT2D eigenvalue weighted by Crippen LogP contribution is -2.42. The summed E-state index contributed by atoms with van der Waals surface area (Å²) in [6.07, 6.45) is 4.95. The zero-order valence-corrected chi connectivity index (χ0v) is 17.5. The van der Waals surface area contributed by atoms with E-state index in [2.05, 4.69) is 5.32 Å². The van der Waals surface area contributed by atoms with Crippen molar-refractivity contribution in [2.45, 2.75) is 46.0 Å². The molecule has 0 bridgehead atoms. The van der Waals surface area contributed by atoms with Crippen molar-refractivity contribution in [1.29, 1.82) is 0 Å². The number of anilines is 2. The van der Waals surface area contributed by atoms with Gasteiger partial charge in [0.2, 0.25) is 11.8 Å². The number of nitrogens with zero attached hydrogens (tertiary/aromatic N) is 1. The normalized spacial score (nSPS) is 14.2. The number of hydrogen-bond donors (Lipinski definition) is 2. The third-order valence-corrected chi connectivity index (χ3v) is 5.74. The topological polar surface area (TPSA) is 86.7 Å². The number of aryl methyl sites for hydroxylation is 2. The SMILES string of the molecule is Cc1ccc(N(CC(=O)Nc2ccc(C(=O)O)cc2)C(=O)C2CCCCC2)cc1C. The first-order valence-corrected chi connectivity index (χ1v) is 10.4. The molecule has 0 radical (unpaired) electrons. The molecule has 1 aliphatic carbocycles. The largest absolute Gasteiger partial charge is 0.478 e. The number of carboxylic acid groups (broad SMARTS) is 1. The molecular formula is C24H28N2O4. The van der Waals surface area contributed by atoms with E-state index < -0.39 is 5.97 Å². The number of hydrogen-bond acceptors (Lipinski definition) is 3. The van der Waals surface area contributed by atoms with Gasteiger partial charge in [-0.15, -0.1) is 0 Å². The number of benzene rings is 2. The maximum atomic E-state index is 13.3. The Bertz CT molecular complexity index is 931. The molecule has 158 valence electrons. The highest BCUT2D eigenvalue weighted by Gasteiger charge is 2.28. The Morgan fingerprint density at radius 2 is 1.63 bits per heavy atom. The van der Waals surface area contributed by atoms with Gasteiger partial charge in [0.05, 0.1) is 5.56 Å². The molecule has 0 atom stereocenters. The second-order valence-electron chi connectivity index (χ2n) is 7.96. The van der Waals surface area contributed by atoms with Gasteiger partial charge in [-0.3, -0.25) is 9.59 Å². The van der Waals surface area contributed by atoms with Gasteiger partial charge in [0, 0.05) is 17.3 Å². The van der Waals surface area contributed by atoms with E-state index in [-0.39, 0.29) is 29.8 Å². The monoisotopic (exact) mass is 408 g/mol. The highest BCUT2D eigenvalue weighted by Crippen LogP contribution is 2.28. The zero-order valence-electron chi connectivity index (χ0n) is 17.5. The Kier molecular flexibility index (Phi) is 6.87. The second kappa shape index (κ2) is 9.57. The number of nitrogens with one attached hydrogen (secondary N) is 1. The number of amides is 2. The Hall–Kier alpha value is -3.15. The summed E-state index contributed by atoms with van der Waals surface area (Å²) in [7, 11) is 0. The molecule has 30 heavy (non-hydrogen) atoms.